The SMILES string of the molecule is Cc1ccc(S(=O)(=O)C=CNCCCN=[N+]=[N-])cc1. The van der Waals surface area contributed by atoms with Crippen LogP contribution in [0.1, 0.15) is 12.0 Å². The number of nitrogens with one attached hydrogen (secondary N) is 1. The monoisotopic (exact) mass is 280 g/mol. The van der Waals surface area contributed by atoms with Crippen molar-refractivity contribution in [3.05, 3.63) is 51.9 Å². The van der Waals surface area contributed by atoms with E-state index in [-0.39, 0.29) is 4.90 Å². The Morgan fingerprint density at radius 1 is 1.37 bits per heavy atom. The summed E-state index contributed by atoms with van der Waals surface area (Å²) >= 11 is 0. The topological polar surface area (TPSA) is 94.9 Å². The average Bonchev–Trinajstić information content (AvgIpc) is 2.38. The first kappa shape index (κ1) is 15.1. The minimum absolute atomic E-state index is 0.269. The Kier molecular flexibility index (Phi) is 5.92. The molecule has 0 heterocycles. The molecule has 6 nitrogen and oxygen atoms in total. The predicted molar refractivity (Wildman–Crippen MR) is 74.1 cm³/mol. The highest BCUT2D eigenvalue weighted by Crippen LogP contribution is 2.12. The van der Waals surface area contributed by atoms with Crippen LogP contribution in [-0.4, -0.2) is 21.5 Å². The standard InChI is InChI=1S/C12H16N4O2S/c1-11-3-5-12(6-4-11)19(17,18)10-9-14-7-2-8-15-16-13/h3-6,9-10,14H,2,7-8H2,1H3. The first-order valence-electron chi connectivity index (χ1n) is 5.79. The predicted octanol–water partition coefficient (Wildman–Crippen LogP) is 2.53. The van der Waals surface area contributed by atoms with E-state index in [1.54, 1.807) is 24.3 Å². The zero-order valence-corrected chi connectivity index (χ0v) is 11.5. The molecule has 0 atom stereocenters. The molecule has 0 unspecified atom stereocenters. The van der Waals surface area contributed by atoms with E-state index in [2.05, 4.69) is 15.3 Å². The molecule has 0 fully saturated rings. The molecule has 0 aromatic heterocycles. The van der Waals surface area contributed by atoms with Crippen LogP contribution in [-0.2, 0) is 9.84 Å². The molecule has 0 saturated carbocycles. The van der Waals surface area contributed by atoms with Crippen LogP contribution in [0.15, 0.2) is 45.9 Å². The molecule has 7 heteroatoms. The lowest BCUT2D eigenvalue weighted by atomic mass is 10.2. The van der Waals surface area contributed by atoms with Crippen LogP contribution in [0.25, 0.3) is 10.4 Å². The van der Waals surface area contributed by atoms with Crippen molar-refractivity contribution in [2.45, 2.75) is 18.2 Å². The van der Waals surface area contributed by atoms with Gasteiger partial charge in [0.25, 0.3) is 0 Å². The van der Waals surface area contributed by atoms with Gasteiger partial charge >= 0.3 is 0 Å². The molecular formula is C12H16N4O2S. The quantitative estimate of drug-likeness (QED) is 0.360. The van der Waals surface area contributed by atoms with Crippen LogP contribution >= 0.6 is 0 Å². The molecule has 0 bridgehead atoms. The fraction of sp³-hybridized carbons (Fsp3) is 0.333. The zero-order chi connectivity index (χ0) is 14.1. The summed E-state index contributed by atoms with van der Waals surface area (Å²) in [6.45, 7) is 2.85. The molecule has 0 aliphatic heterocycles. The molecule has 0 aliphatic carbocycles. The van der Waals surface area contributed by atoms with Gasteiger partial charge in [0, 0.05) is 24.2 Å². The van der Waals surface area contributed by atoms with Crippen molar-refractivity contribution in [2.24, 2.45) is 5.11 Å². The van der Waals surface area contributed by atoms with Crippen LogP contribution in [0.2, 0.25) is 0 Å². The third-order valence-electron chi connectivity index (χ3n) is 2.36. The molecule has 1 rings (SSSR count). The number of hydrogen-bond acceptors (Lipinski definition) is 4. The molecule has 102 valence electrons. The van der Waals surface area contributed by atoms with Crippen LogP contribution in [0, 0.1) is 6.92 Å². The maximum absolute atomic E-state index is 11.9. The number of hydrogen-bond donors (Lipinski definition) is 1. The molecule has 1 aromatic carbocycles. The minimum Gasteiger partial charge on any atom is -0.390 e. The van der Waals surface area contributed by atoms with Gasteiger partial charge in [-0.15, -0.1) is 0 Å². The van der Waals surface area contributed by atoms with Gasteiger partial charge in [0.1, 0.15) is 0 Å². The number of nitrogens with zero attached hydrogens (tertiary/aromatic N) is 3. The lowest BCUT2D eigenvalue weighted by molar-refractivity contribution is 0.604. The van der Waals surface area contributed by atoms with Gasteiger partial charge < -0.3 is 5.32 Å². The Labute approximate surface area is 112 Å². The van der Waals surface area contributed by atoms with Gasteiger partial charge in [-0.3, -0.25) is 0 Å². The van der Waals surface area contributed by atoms with E-state index in [4.69, 9.17) is 5.53 Å². The van der Waals surface area contributed by atoms with Gasteiger partial charge in [-0.1, -0.05) is 22.8 Å². The molecular weight excluding hydrogens is 264 g/mol. The average molecular weight is 280 g/mol. The first-order chi connectivity index (χ1) is 9.06. The largest absolute Gasteiger partial charge is 0.390 e. The third-order valence-corrected chi connectivity index (χ3v) is 3.78. The first-order valence-corrected chi connectivity index (χ1v) is 7.33. The molecule has 0 spiro atoms. The minimum atomic E-state index is -3.40. The number of sulfone groups is 1. The Balaban J connectivity index is 2.50. The highest BCUT2D eigenvalue weighted by Gasteiger charge is 2.08. The Morgan fingerprint density at radius 2 is 2.05 bits per heavy atom. The molecule has 0 saturated heterocycles. The smallest absolute Gasteiger partial charge is 0.201 e. The van der Waals surface area contributed by atoms with E-state index in [0.29, 0.717) is 19.5 Å². The van der Waals surface area contributed by atoms with E-state index < -0.39 is 9.84 Å². The molecule has 0 radical (unpaired) electrons. The summed E-state index contributed by atoms with van der Waals surface area (Å²) in [7, 11) is -3.40. The van der Waals surface area contributed by atoms with Crippen molar-refractivity contribution in [3.63, 3.8) is 0 Å². The fourth-order valence-electron chi connectivity index (χ4n) is 1.32. The van der Waals surface area contributed by atoms with Gasteiger partial charge in [0.15, 0.2) is 0 Å². The summed E-state index contributed by atoms with van der Waals surface area (Å²) in [5.74, 6) is 0. The van der Waals surface area contributed by atoms with Gasteiger partial charge in [-0.25, -0.2) is 8.42 Å². The summed E-state index contributed by atoms with van der Waals surface area (Å²) in [4.78, 5) is 2.89. The third kappa shape index (κ3) is 5.46. The molecule has 1 aromatic rings. The van der Waals surface area contributed by atoms with Gasteiger partial charge in [-0.05, 0) is 31.0 Å². The van der Waals surface area contributed by atoms with Crippen LogP contribution in [0.5, 0.6) is 0 Å². The van der Waals surface area contributed by atoms with Gasteiger partial charge in [0.2, 0.25) is 9.84 Å². The number of rotatable bonds is 7. The summed E-state index contributed by atoms with van der Waals surface area (Å²) in [6.07, 6.45) is 2.05. The maximum Gasteiger partial charge on any atom is 0.201 e. The molecule has 19 heavy (non-hydrogen) atoms. The van der Waals surface area contributed by atoms with Crippen LogP contribution < -0.4 is 5.32 Å². The van der Waals surface area contributed by atoms with E-state index >= 15 is 0 Å². The van der Waals surface area contributed by atoms with Crippen molar-refractivity contribution in [2.75, 3.05) is 13.1 Å². The van der Waals surface area contributed by atoms with Crippen molar-refractivity contribution < 1.29 is 8.42 Å². The molecule has 0 amide bonds. The van der Waals surface area contributed by atoms with Crippen molar-refractivity contribution in [1.82, 2.24) is 5.32 Å². The summed E-state index contributed by atoms with van der Waals surface area (Å²) in [5.41, 5.74) is 9.08. The maximum atomic E-state index is 11.9. The lowest BCUT2D eigenvalue weighted by Gasteiger charge is -2.01. The fourth-order valence-corrected chi connectivity index (χ4v) is 2.27. The van der Waals surface area contributed by atoms with E-state index in [0.717, 1.165) is 11.0 Å². The number of azide groups is 1. The Hall–Kier alpha value is -1.98. The van der Waals surface area contributed by atoms with E-state index in [1.807, 2.05) is 6.92 Å². The second-order valence-electron chi connectivity index (χ2n) is 3.92. The van der Waals surface area contributed by atoms with Crippen LogP contribution in [0.3, 0.4) is 0 Å². The van der Waals surface area contributed by atoms with E-state index in [9.17, 15) is 8.42 Å². The van der Waals surface area contributed by atoms with Crippen molar-refractivity contribution >= 4 is 9.84 Å². The zero-order valence-electron chi connectivity index (χ0n) is 10.7. The second-order valence-corrected chi connectivity index (χ2v) is 5.76. The second kappa shape index (κ2) is 7.45. The Morgan fingerprint density at radius 3 is 2.68 bits per heavy atom. The van der Waals surface area contributed by atoms with Crippen LogP contribution in [0.4, 0.5) is 0 Å². The highest BCUT2D eigenvalue weighted by molar-refractivity contribution is 7.94. The molecule has 0 aliphatic rings. The summed E-state index contributed by atoms with van der Waals surface area (Å²) < 4.78 is 23.8. The van der Waals surface area contributed by atoms with Gasteiger partial charge in [0.05, 0.1) is 10.3 Å². The normalized spacial score (nSPS) is 11.2. The summed E-state index contributed by atoms with van der Waals surface area (Å²) in [5, 5.41) is 7.34. The Bertz CT molecular complexity index is 572. The summed E-state index contributed by atoms with van der Waals surface area (Å²) in [6, 6.07) is 6.68. The number of aryl methyl sites for hydroxylation is 1. The number of benzene rings is 1. The lowest BCUT2D eigenvalue weighted by Crippen LogP contribution is -2.09. The van der Waals surface area contributed by atoms with Gasteiger partial charge in [-0.2, -0.15) is 0 Å². The van der Waals surface area contributed by atoms with Crippen molar-refractivity contribution in [3.8, 4) is 0 Å². The van der Waals surface area contributed by atoms with Crippen molar-refractivity contribution in [1.29, 1.82) is 0 Å². The van der Waals surface area contributed by atoms with E-state index in [1.165, 1.54) is 6.20 Å². The molecule has 1 N–H and O–H groups in total. The highest BCUT2D eigenvalue weighted by atomic mass is 32.2.